The fraction of sp³-hybridized carbons (Fsp3) is 0.432. The van der Waals surface area contributed by atoms with E-state index in [-0.39, 0.29) is 47.7 Å². The van der Waals surface area contributed by atoms with Crippen LogP contribution in [0.5, 0.6) is 11.5 Å². The van der Waals surface area contributed by atoms with Crippen molar-refractivity contribution in [3.63, 3.8) is 0 Å². The van der Waals surface area contributed by atoms with Crippen molar-refractivity contribution in [2.75, 3.05) is 32.8 Å². The number of imidazole rings is 1. The summed E-state index contributed by atoms with van der Waals surface area (Å²) in [6.07, 6.45) is -2.83. The number of anilines is 1. The number of hydrogen-bond donors (Lipinski definition) is 2. The topological polar surface area (TPSA) is 198 Å². The number of methoxy groups -OCH3 is 2. The monoisotopic (exact) mass is 885 g/mol. The molecule has 328 valence electrons. The Morgan fingerprint density at radius 3 is 2.11 bits per heavy atom. The van der Waals surface area contributed by atoms with E-state index in [1.54, 1.807) is 28.1 Å². The molecule has 5 aromatic rings. The van der Waals surface area contributed by atoms with E-state index in [2.05, 4.69) is 54.1 Å². The van der Waals surface area contributed by atoms with E-state index in [1.165, 1.54) is 10.9 Å². The minimum Gasteiger partial charge on any atom is -0.497 e. The normalized spacial score (nSPS) is 18.4. The number of benzene rings is 3. The first-order chi connectivity index (χ1) is 29.5. The number of H-pyrrole nitrogens is 1. The van der Waals surface area contributed by atoms with Gasteiger partial charge in [-0.3, -0.25) is 24.5 Å². The van der Waals surface area contributed by atoms with Gasteiger partial charge >= 0.3 is 8.25 Å². The van der Waals surface area contributed by atoms with Crippen molar-refractivity contribution in [2.24, 2.45) is 5.92 Å². The fourth-order valence-electron chi connectivity index (χ4n) is 6.85. The Bertz CT molecular complexity index is 2380. The summed E-state index contributed by atoms with van der Waals surface area (Å²) in [5, 5.41) is 11.5. The highest BCUT2D eigenvalue weighted by Gasteiger charge is 2.56. The fourth-order valence-corrected chi connectivity index (χ4v) is 8.89. The first kappa shape index (κ1) is 46.2. The first-order valence-electron chi connectivity index (χ1n) is 20.3. The van der Waals surface area contributed by atoms with Gasteiger partial charge in [0.1, 0.15) is 35.9 Å². The third-order valence-corrected chi connectivity index (χ3v) is 16.5. The number of nitrogens with one attached hydrogen (secondary N) is 2. The van der Waals surface area contributed by atoms with Gasteiger partial charge in [0.15, 0.2) is 31.8 Å². The maximum absolute atomic E-state index is 13.6. The molecule has 0 saturated carbocycles. The average molecular weight is 886 g/mol. The lowest BCUT2D eigenvalue weighted by molar-refractivity contribution is -0.118. The number of carbonyl (C=O) groups is 1. The summed E-state index contributed by atoms with van der Waals surface area (Å²) in [7, 11) is -2.33. The summed E-state index contributed by atoms with van der Waals surface area (Å²) in [6.45, 7) is 13.6. The number of rotatable bonds is 18. The summed E-state index contributed by atoms with van der Waals surface area (Å²) in [5.41, 5.74) is 0.567. The number of aromatic nitrogens is 4. The zero-order valence-corrected chi connectivity index (χ0v) is 38.3. The van der Waals surface area contributed by atoms with Crippen LogP contribution in [-0.4, -0.2) is 79.5 Å². The summed E-state index contributed by atoms with van der Waals surface area (Å²) < 4.78 is 59.4. The molecule has 5 atom stereocenters. The Labute approximate surface area is 362 Å². The lowest BCUT2D eigenvalue weighted by Crippen LogP contribution is -2.50. The van der Waals surface area contributed by atoms with Gasteiger partial charge in [-0.15, -0.1) is 9.05 Å². The highest BCUT2D eigenvalue weighted by molar-refractivity contribution is 7.33. The quantitative estimate of drug-likeness (QED) is 0.0372. The molecule has 62 heavy (non-hydrogen) atoms. The van der Waals surface area contributed by atoms with E-state index in [0.717, 1.165) is 16.7 Å². The highest BCUT2D eigenvalue weighted by atomic mass is 31.1. The third kappa shape index (κ3) is 9.82. The van der Waals surface area contributed by atoms with E-state index >= 15 is 0 Å². The number of fused-ring (bicyclic) bond motifs is 1. The summed E-state index contributed by atoms with van der Waals surface area (Å²) in [5.74, 6) is 0.465. The molecule has 3 heterocycles. The number of nitrogens with zero attached hydrogens (tertiary/aromatic N) is 4. The average Bonchev–Trinajstić information content (AvgIpc) is 3.82. The SMILES string of the molecule is COc1ccc(C(OC[C@H]2O[C@@H](n3cnc4c(=O)[nH]c(NC(=O)C(C)C)nc43)[C@H](O[P+](=O)OCCC#N)[C@@H]2O[Si](C)(C)C(C)(C)C)(c2ccccc2)c2ccc(OC)cc2)cc1. The number of aromatic amines is 1. The van der Waals surface area contributed by atoms with Gasteiger partial charge < -0.3 is 23.4 Å². The van der Waals surface area contributed by atoms with Crippen molar-refractivity contribution >= 4 is 39.6 Å². The van der Waals surface area contributed by atoms with Crippen LogP contribution in [0.2, 0.25) is 18.1 Å². The van der Waals surface area contributed by atoms with E-state index in [1.807, 2.05) is 84.9 Å². The van der Waals surface area contributed by atoms with Gasteiger partial charge in [0.05, 0.1) is 39.6 Å². The summed E-state index contributed by atoms with van der Waals surface area (Å²) >= 11 is 0. The molecule has 0 spiro atoms. The van der Waals surface area contributed by atoms with Crippen molar-refractivity contribution in [3.05, 3.63) is 112 Å². The van der Waals surface area contributed by atoms with Gasteiger partial charge in [-0.2, -0.15) is 10.2 Å². The zero-order valence-electron chi connectivity index (χ0n) is 36.4. The first-order valence-corrected chi connectivity index (χ1v) is 24.3. The largest absolute Gasteiger partial charge is 0.697 e. The number of nitriles is 1. The second kappa shape index (κ2) is 19.4. The maximum atomic E-state index is 13.6. The third-order valence-electron chi connectivity index (χ3n) is 11.3. The van der Waals surface area contributed by atoms with Gasteiger partial charge in [0.2, 0.25) is 11.9 Å². The Morgan fingerprint density at radius 2 is 1.56 bits per heavy atom. The van der Waals surface area contributed by atoms with Crippen LogP contribution >= 0.6 is 8.25 Å². The zero-order chi connectivity index (χ0) is 44.8. The van der Waals surface area contributed by atoms with Crippen LogP contribution in [0, 0.1) is 17.2 Å². The van der Waals surface area contributed by atoms with Crippen LogP contribution in [0.25, 0.3) is 11.2 Å². The smallest absolute Gasteiger partial charge is 0.497 e. The number of amides is 1. The molecule has 1 fully saturated rings. The van der Waals surface area contributed by atoms with E-state index in [4.69, 9.17) is 37.7 Å². The van der Waals surface area contributed by atoms with Crippen molar-refractivity contribution in [1.29, 1.82) is 5.26 Å². The van der Waals surface area contributed by atoms with Gasteiger partial charge in [-0.25, -0.2) is 4.98 Å². The van der Waals surface area contributed by atoms with Crippen LogP contribution in [0.4, 0.5) is 5.95 Å². The molecule has 0 radical (unpaired) electrons. The van der Waals surface area contributed by atoms with Crippen LogP contribution in [0.15, 0.2) is 90.0 Å². The van der Waals surface area contributed by atoms with Gasteiger partial charge in [0.25, 0.3) is 5.56 Å². The molecular formula is C44H54N6O10PSi+. The molecular weight excluding hydrogens is 832 g/mol. The Hall–Kier alpha value is -5.31. The molecule has 6 rings (SSSR count). The van der Waals surface area contributed by atoms with E-state index < -0.39 is 58.2 Å². The summed E-state index contributed by atoms with van der Waals surface area (Å²) in [6, 6.07) is 27.0. The molecule has 2 N–H and O–H groups in total. The molecule has 1 aliphatic rings. The van der Waals surface area contributed by atoms with Crippen molar-refractivity contribution in [2.45, 2.75) is 89.3 Å². The molecule has 16 nitrogen and oxygen atoms in total. The van der Waals surface area contributed by atoms with Crippen LogP contribution in [0.1, 0.15) is 64.0 Å². The number of ether oxygens (including phenoxy) is 4. The predicted octanol–water partition coefficient (Wildman–Crippen LogP) is 8.00. The minimum absolute atomic E-state index is 0.0165. The maximum Gasteiger partial charge on any atom is 0.697 e. The van der Waals surface area contributed by atoms with Crippen LogP contribution in [0.3, 0.4) is 0 Å². The van der Waals surface area contributed by atoms with Gasteiger partial charge in [-0.05, 0) is 59.1 Å². The Balaban J connectivity index is 1.52. The molecule has 1 aliphatic heterocycles. The molecule has 0 bridgehead atoms. The molecule has 1 saturated heterocycles. The standard InChI is InChI=1S/C44H53N6O10PSi/c1-28(2)39(51)48-42-47-38-35(40(52)49-42)46-27-50(38)41-37(59-61(53)57-25-13-24-45)36(60-62(8,9)43(3,4)5)34(58-41)26-56-44(29-14-11-10-12-15-29,30-16-20-32(54-6)21-17-30)31-18-22-33(55-7)23-19-31/h10-12,14-23,27-28,34,36-37,41H,13,25-26H2,1-9H3,(H-,47,48,49,51,52)/p+1/t34-,36-,37-,41-/m1/s1. The van der Waals surface area contributed by atoms with Gasteiger partial charge in [-0.1, -0.05) is 89.2 Å². The van der Waals surface area contributed by atoms with Crippen LogP contribution < -0.4 is 20.3 Å². The molecule has 0 aliphatic carbocycles. The number of hydrogen-bond acceptors (Lipinski definition) is 13. The van der Waals surface area contributed by atoms with Gasteiger partial charge in [0, 0.05) is 10.5 Å². The minimum atomic E-state index is -2.84. The lowest BCUT2D eigenvalue weighted by atomic mass is 9.80. The predicted molar refractivity (Wildman–Crippen MR) is 235 cm³/mol. The van der Waals surface area contributed by atoms with Crippen LogP contribution in [-0.2, 0) is 37.9 Å². The molecule has 1 unspecified atom stereocenters. The Kier molecular flexibility index (Phi) is 14.4. The van der Waals surface area contributed by atoms with E-state index in [0.29, 0.717) is 11.5 Å². The number of carbonyl (C=O) groups excluding carboxylic acids is 1. The molecule has 18 heteroatoms. The van der Waals surface area contributed by atoms with E-state index in [9.17, 15) is 14.2 Å². The summed E-state index contributed by atoms with van der Waals surface area (Å²) in [4.78, 5) is 37.6. The second-order valence-electron chi connectivity index (χ2n) is 16.6. The van der Waals surface area contributed by atoms with Crippen molar-refractivity contribution < 1.29 is 41.8 Å². The lowest BCUT2D eigenvalue weighted by Gasteiger charge is -2.41. The van der Waals surface area contributed by atoms with Crippen molar-refractivity contribution in [1.82, 2.24) is 19.5 Å². The second-order valence-corrected chi connectivity index (χ2v) is 22.3. The Morgan fingerprint density at radius 1 is 0.968 bits per heavy atom. The molecule has 3 aromatic carbocycles. The highest BCUT2D eigenvalue weighted by Crippen LogP contribution is 2.47. The molecule has 1 amide bonds. The molecule has 2 aromatic heterocycles. The van der Waals surface area contributed by atoms with Crippen molar-refractivity contribution in [3.8, 4) is 17.6 Å².